The molecule has 1 aliphatic heterocycles. The molecule has 1 saturated heterocycles. The minimum atomic E-state index is -4.63. The Labute approximate surface area is 127 Å². The molecule has 6 heteroatoms. The van der Waals surface area contributed by atoms with Crippen molar-refractivity contribution in [2.24, 2.45) is 5.92 Å². The first-order valence-electron chi connectivity index (χ1n) is 7.13. The van der Waals surface area contributed by atoms with E-state index < -0.39 is 6.36 Å². The Kier molecular flexibility index (Phi) is 5.81. The molecule has 1 aromatic rings. The number of thioether (sulfide) groups is 1. The Morgan fingerprint density at radius 2 is 2.05 bits per heavy atom. The highest BCUT2D eigenvalue weighted by Gasteiger charge is 2.31. The van der Waals surface area contributed by atoms with Crippen LogP contribution >= 0.6 is 11.8 Å². The molecule has 118 valence electrons. The predicted molar refractivity (Wildman–Crippen MR) is 79.7 cm³/mol. The van der Waals surface area contributed by atoms with Crippen molar-refractivity contribution >= 4 is 11.8 Å². The van der Waals surface area contributed by atoms with E-state index in [1.54, 1.807) is 12.1 Å². The van der Waals surface area contributed by atoms with E-state index in [2.05, 4.69) is 17.0 Å². The summed E-state index contributed by atoms with van der Waals surface area (Å²) < 4.78 is 40.3. The van der Waals surface area contributed by atoms with Gasteiger partial charge < -0.3 is 10.1 Å². The summed E-state index contributed by atoms with van der Waals surface area (Å²) in [5, 5.41) is 3.50. The normalized spacial score (nSPS) is 20.5. The van der Waals surface area contributed by atoms with Gasteiger partial charge in [-0.2, -0.15) is 11.8 Å². The molecule has 0 radical (unpaired) electrons. The summed E-state index contributed by atoms with van der Waals surface area (Å²) in [6.07, 6.45) is -2.59. The van der Waals surface area contributed by atoms with Gasteiger partial charge in [0.1, 0.15) is 5.75 Å². The van der Waals surface area contributed by atoms with Crippen molar-refractivity contribution in [2.75, 3.05) is 18.1 Å². The quantitative estimate of drug-likeness (QED) is 0.860. The highest BCUT2D eigenvalue weighted by Crippen LogP contribution is 2.28. The molecule has 2 nitrogen and oxygen atoms in total. The van der Waals surface area contributed by atoms with Gasteiger partial charge in [0.25, 0.3) is 0 Å². The number of nitrogens with one attached hydrogen (secondary N) is 1. The lowest BCUT2D eigenvalue weighted by Crippen LogP contribution is -2.38. The van der Waals surface area contributed by atoms with E-state index in [9.17, 15) is 13.2 Å². The van der Waals surface area contributed by atoms with Crippen LogP contribution in [0.1, 0.15) is 18.9 Å². The van der Waals surface area contributed by atoms with Crippen LogP contribution in [0.15, 0.2) is 24.3 Å². The Balaban J connectivity index is 1.96. The number of ether oxygens (including phenoxy) is 1. The lowest BCUT2D eigenvalue weighted by Gasteiger charge is -2.24. The molecule has 0 bridgehead atoms. The number of hydrogen-bond donors (Lipinski definition) is 1. The lowest BCUT2D eigenvalue weighted by molar-refractivity contribution is -0.274. The third kappa shape index (κ3) is 5.43. The Bertz CT molecular complexity index is 430. The number of benzene rings is 1. The molecule has 0 aromatic heterocycles. The summed E-state index contributed by atoms with van der Waals surface area (Å²) in [6.45, 7) is 2.98. The second-order valence-corrected chi connectivity index (χ2v) is 6.33. The van der Waals surface area contributed by atoms with Gasteiger partial charge in [0.05, 0.1) is 0 Å². The van der Waals surface area contributed by atoms with Crippen molar-refractivity contribution in [3.8, 4) is 5.75 Å². The van der Waals surface area contributed by atoms with E-state index in [4.69, 9.17) is 0 Å². The highest BCUT2D eigenvalue weighted by molar-refractivity contribution is 7.99. The molecule has 0 aliphatic carbocycles. The summed E-state index contributed by atoms with van der Waals surface area (Å²) in [5.74, 6) is 2.83. The monoisotopic (exact) mass is 319 g/mol. The molecule has 0 spiro atoms. The van der Waals surface area contributed by atoms with Crippen LogP contribution in [0.4, 0.5) is 13.2 Å². The first kappa shape index (κ1) is 16.5. The Morgan fingerprint density at radius 1 is 1.33 bits per heavy atom. The zero-order valence-electron chi connectivity index (χ0n) is 12.0. The topological polar surface area (TPSA) is 21.3 Å². The standard InChI is InChI=1S/C15H20F3NOS/c1-2-19-14(12-7-8-21-10-12)9-11-3-5-13(6-4-11)20-15(16,17)18/h3-6,12,14,19H,2,7-10H2,1H3. The van der Waals surface area contributed by atoms with Crippen LogP contribution in [0.3, 0.4) is 0 Å². The van der Waals surface area contributed by atoms with E-state index in [1.165, 1.54) is 24.3 Å². The van der Waals surface area contributed by atoms with Gasteiger partial charge in [-0.05, 0) is 54.5 Å². The molecule has 1 aromatic carbocycles. The number of hydrogen-bond acceptors (Lipinski definition) is 3. The first-order chi connectivity index (χ1) is 9.98. The minimum absolute atomic E-state index is 0.164. The number of halogens is 3. The fourth-order valence-corrected chi connectivity index (χ4v) is 3.96. The average molecular weight is 319 g/mol. The lowest BCUT2D eigenvalue weighted by atomic mass is 9.93. The van der Waals surface area contributed by atoms with Gasteiger partial charge in [-0.3, -0.25) is 0 Å². The number of alkyl halides is 3. The molecule has 21 heavy (non-hydrogen) atoms. The maximum Gasteiger partial charge on any atom is 0.573 e. The van der Waals surface area contributed by atoms with Gasteiger partial charge in [-0.1, -0.05) is 19.1 Å². The van der Waals surface area contributed by atoms with Gasteiger partial charge in [0, 0.05) is 6.04 Å². The van der Waals surface area contributed by atoms with E-state index in [1.807, 2.05) is 11.8 Å². The average Bonchev–Trinajstić information content (AvgIpc) is 2.92. The zero-order valence-corrected chi connectivity index (χ0v) is 12.8. The molecule has 0 saturated carbocycles. The molecular formula is C15H20F3NOS. The molecule has 2 rings (SSSR count). The maximum absolute atomic E-state index is 12.1. The second-order valence-electron chi connectivity index (χ2n) is 5.18. The third-order valence-corrected chi connectivity index (χ3v) is 4.80. The van der Waals surface area contributed by atoms with Crippen LogP contribution in [-0.4, -0.2) is 30.5 Å². The van der Waals surface area contributed by atoms with Crippen molar-refractivity contribution in [2.45, 2.75) is 32.2 Å². The minimum Gasteiger partial charge on any atom is -0.406 e. The summed E-state index contributed by atoms with van der Waals surface area (Å²) in [5.41, 5.74) is 1.03. The fraction of sp³-hybridized carbons (Fsp3) is 0.600. The van der Waals surface area contributed by atoms with E-state index in [0.29, 0.717) is 12.0 Å². The van der Waals surface area contributed by atoms with E-state index in [0.717, 1.165) is 24.3 Å². The van der Waals surface area contributed by atoms with Crippen LogP contribution in [0.2, 0.25) is 0 Å². The van der Waals surface area contributed by atoms with Crippen molar-refractivity contribution in [3.63, 3.8) is 0 Å². The Hall–Kier alpha value is -0.880. The number of likely N-dealkylation sites (N-methyl/N-ethyl adjacent to an activating group) is 1. The van der Waals surface area contributed by atoms with Crippen LogP contribution in [0.25, 0.3) is 0 Å². The van der Waals surface area contributed by atoms with Gasteiger partial charge in [0.2, 0.25) is 0 Å². The molecule has 1 N–H and O–H groups in total. The molecule has 1 fully saturated rings. The van der Waals surface area contributed by atoms with Crippen LogP contribution in [0, 0.1) is 5.92 Å². The Morgan fingerprint density at radius 3 is 2.57 bits per heavy atom. The highest BCUT2D eigenvalue weighted by atomic mass is 32.2. The predicted octanol–water partition coefficient (Wildman–Crippen LogP) is 3.86. The molecule has 1 aliphatic rings. The molecule has 1 heterocycles. The largest absolute Gasteiger partial charge is 0.573 e. The number of rotatable bonds is 6. The van der Waals surface area contributed by atoms with Crippen LogP contribution < -0.4 is 10.1 Å². The second kappa shape index (κ2) is 7.40. The van der Waals surface area contributed by atoms with Crippen molar-refractivity contribution in [1.29, 1.82) is 0 Å². The molecule has 2 unspecified atom stereocenters. The summed E-state index contributed by atoms with van der Waals surface area (Å²) in [4.78, 5) is 0. The SMILES string of the molecule is CCNC(Cc1ccc(OC(F)(F)F)cc1)C1CCSC1. The maximum atomic E-state index is 12.1. The zero-order chi connectivity index (χ0) is 15.3. The van der Waals surface area contributed by atoms with Crippen molar-refractivity contribution in [3.05, 3.63) is 29.8 Å². The van der Waals surface area contributed by atoms with Gasteiger partial charge in [-0.15, -0.1) is 13.2 Å². The summed E-state index contributed by atoms with van der Waals surface area (Å²) >= 11 is 1.97. The van der Waals surface area contributed by atoms with E-state index in [-0.39, 0.29) is 5.75 Å². The first-order valence-corrected chi connectivity index (χ1v) is 8.29. The van der Waals surface area contributed by atoms with Crippen molar-refractivity contribution < 1.29 is 17.9 Å². The molecule has 2 atom stereocenters. The van der Waals surface area contributed by atoms with Gasteiger partial charge in [-0.25, -0.2) is 0 Å². The summed E-state index contributed by atoms with van der Waals surface area (Å²) in [7, 11) is 0. The summed E-state index contributed by atoms with van der Waals surface area (Å²) in [6, 6.07) is 6.59. The van der Waals surface area contributed by atoms with Crippen LogP contribution in [0.5, 0.6) is 5.75 Å². The van der Waals surface area contributed by atoms with Crippen molar-refractivity contribution in [1.82, 2.24) is 5.32 Å². The van der Waals surface area contributed by atoms with Crippen LogP contribution in [-0.2, 0) is 6.42 Å². The van der Waals surface area contributed by atoms with Gasteiger partial charge in [0.15, 0.2) is 0 Å². The molecule has 0 amide bonds. The molecular weight excluding hydrogens is 299 g/mol. The fourth-order valence-electron chi connectivity index (χ4n) is 2.62. The van der Waals surface area contributed by atoms with Gasteiger partial charge >= 0.3 is 6.36 Å². The third-order valence-electron chi connectivity index (χ3n) is 3.61. The van der Waals surface area contributed by atoms with E-state index >= 15 is 0 Å². The smallest absolute Gasteiger partial charge is 0.406 e.